The highest BCUT2D eigenvalue weighted by Gasteiger charge is 2.40. The number of rotatable bonds is 18. The number of aliphatic hydroxyl groups is 1. The van der Waals surface area contributed by atoms with Crippen molar-refractivity contribution < 1.29 is 33.1 Å². The molecule has 0 saturated carbocycles. The predicted octanol–water partition coefficient (Wildman–Crippen LogP) is 3.80. The van der Waals surface area contributed by atoms with Crippen molar-refractivity contribution in [2.45, 2.75) is 70.4 Å². The Morgan fingerprint density at radius 2 is 1.80 bits per heavy atom. The van der Waals surface area contributed by atoms with Crippen molar-refractivity contribution in [2.75, 3.05) is 33.3 Å². The van der Waals surface area contributed by atoms with E-state index >= 15 is 0 Å². The van der Waals surface area contributed by atoms with Crippen LogP contribution in [0.5, 0.6) is 0 Å². The number of nitrogens with one attached hydrogen (secondary N) is 1. The maximum Gasteiger partial charge on any atom is 0.321 e. The van der Waals surface area contributed by atoms with Crippen LogP contribution in [0, 0.1) is 11.8 Å². The van der Waals surface area contributed by atoms with Gasteiger partial charge < -0.3 is 30.2 Å². The molecule has 1 fully saturated rings. The molecule has 1 unspecified atom stereocenters. The van der Waals surface area contributed by atoms with Crippen LogP contribution in [-0.4, -0.2) is 107 Å². The molecule has 0 aliphatic carbocycles. The quantitative estimate of drug-likeness (QED) is 0.101. The van der Waals surface area contributed by atoms with E-state index in [0.29, 0.717) is 31.8 Å². The highest BCUT2D eigenvalue weighted by Crippen LogP contribution is 2.23. The zero-order valence-corrected chi connectivity index (χ0v) is 30.8. The van der Waals surface area contributed by atoms with Crippen LogP contribution in [0.3, 0.4) is 0 Å². The first-order valence-electron chi connectivity index (χ1n) is 16.6. The molecular weight excluding hydrogens is 681 g/mol. The van der Waals surface area contributed by atoms with E-state index < -0.39 is 34.1 Å². The number of hydrogen-bond acceptors (Lipinski definition) is 10. The lowest BCUT2D eigenvalue weighted by molar-refractivity contribution is -0.128. The molecule has 15 heteroatoms. The van der Waals surface area contributed by atoms with Crippen molar-refractivity contribution in [1.29, 1.82) is 0 Å². The Kier molecular flexibility index (Phi) is 13.9. The number of carbonyl (C=O) groups is 2. The van der Waals surface area contributed by atoms with Gasteiger partial charge in [-0.1, -0.05) is 75.3 Å². The fourth-order valence-corrected chi connectivity index (χ4v) is 8.37. The number of ether oxygens (including phenoxy) is 1. The molecule has 1 aliphatic rings. The van der Waals surface area contributed by atoms with Gasteiger partial charge in [-0.2, -0.15) is 4.31 Å². The number of methoxy groups -OCH3 is 1. The third kappa shape index (κ3) is 10.1. The minimum absolute atomic E-state index is 0.0219. The largest absolute Gasteiger partial charge is 0.411 e. The summed E-state index contributed by atoms with van der Waals surface area (Å²) in [6, 6.07) is 13.3. The normalized spacial score (nSPS) is 15.8. The van der Waals surface area contributed by atoms with Gasteiger partial charge in [0.15, 0.2) is 0 Å². The number of nitrogens with zero attached hydrogens (tertiary/aromatic N) is 5. The molecule has 3 atom stereocenters. The lowest BCUT2D eigenvalue weighted by atomic mass is 9.97. The number of aromatic nitrogens is 1. The predicted molar refractivity (Wildman–Crippen MR) is 191 cm³/mol. The first kappa shape index (κ1) is 38.9. The number of amides is 3. The van der Waals surface area contributed by atoms with Gasteiger partial charge in [0.25, 0.3) is 0 Å². The summed E-state index contributed by atoms with van der Waals surface area (Å²) in [4.78, 5) is 35.5. The summed E-state index contributed by atoms with van der Waals surface area (Å²) in [6.07, 6.45) is 0.134. The van der Waals surface area contributed by atoms with Crippen LogP contribution in [-0.2, 0) is 39.1 Å². The maximum atomic E-state index is 14.1. The van der Waals surface area contributed by atoms with Crippen molar-refractivity contribution in [3.8, 4) is 0 Å². The third-order valence-electron chi connectivity index (χ3n) is 8.36. The Bertz CT molecular complexity index is 1680. The van der Waals surface area contributed by atoms with Gasteiger partial charge in [-0.15, -0.1) is 11.3 Å². The molecule has 3 aromatic rings. The molecule has 2 heterocycles. The SMILES string of the molecule is COCc1nc(CN2CCN([C@@H](C(=O)N[C@@H](Cc3ccccc3)C(O)CN(CC(C)C)S(=O)(=O)c3ccc(/C=N/O)cc3)C(C)C)C2=O)cs1. The molecule has 50 heavy (non-hydrogen) atoms. The van der Waals surface area contributed by atoms with Crippen LogP contribution in [0.15, 0.2) is 70.0 Å². The van der Waals surface area contributed by atoms with Gasteiger partial charge in [0.2, 0.25) is 15.9 Å². The number of sulfonamides is 1. The fourth-order valence-electron chi connectivity index (χ4n) is 5.99. The summed E-state index contributed by atoms with van der Waals surface area (Å²) >= 11 is 1.47. The second-order valence-electron chi connectivity index (χ2n) is 13.2. The molecule has 3 amide bonds. The second-order valence-corrected chi connectivity index (χ2v) is 16.0. The zero-order valence-electron chi connectivity index (χ0n) is 29.2. The number of hydrogen-bond donors (Lipinski definition) is 3. The first-order valence-corrected chi connectivity index (χ1v) is 18.9. The lowest BCUT2D eigenvalue weighted by Crippen LogP contribution is -2.57. The molecular formula is C35H48N6O7S2. The molecule has 13 nitrogen and oxygen atoms in total. The molecule has 4 rings (SSSR count). The Balaban J connectivity index is 1.55. The van der Waals surface area contributed by atoms with Gasteiger partial charge in [-0.05, 0) is 41.5 Å². The van der Waals surface area contributed by atoms with E-state index in [9.17, 15) is 23.1 Å². The second kappa shape index (κ2) is 17.9. The molecule has 0 radical (unpaired) electrons. The van der Waals surface area contributed by atoms with Crippen LogP contribution < -0.4 is 5.32 Å². The summed E-state index contributed by atoms with van der Waals surface area (Å²) < 4.78 is 34.1. The first-order chi connectivity index (χ1) is 23.8. The molecule has 272 valence electrons. The summed E-state index contributed by atoms with van der Waals surface area (Å²) in [5.41, 5.74) is 2.12. The van der Waals surface area contributed by atoms with E-state index in [2.05, 4.69) is 15.5 Å². The van der Waals surface area contributed by atoms with Gasteiger partial charge >= 0.3 is 6.03 Å². The number of urea groups is 1. The standard InChI is InChI=1S/C35H48N6O7S2/c1-24(2)19-40(50(46,47)29-13-11-27(12-14-29)18-36-45)21-31(42)30(17-26-9-7-6-8-10-26)38-34(43)33(25(3)4)41-16-15-39(35(41)44)20-28-23-49-32(37-28)22-48-5/h6-14,18,23-25,30-31,33,42,45H,15-17,19-22H2,1-5H3,(H,38,43)/b36-18+/t30-,31?,33+/m0/s1. The number of aliphatic hydroxyl groups excluding tert-OH is 1. The van der Waals surface area contributed by atoms with Crippen molar-refractivity contribution >= 4 is 39.5 Å². The van der Waals surface area contributed by atoms with E-state index in [4.69, 9.17) is 9.94 Å². The van der Waals surface area contributed by atoms with Gasteiger partial charge in [0.1, 0.15) is 11.0 Å². The molecule has 1 aromatic heterocycles. The molecule has 1 saturated heterocycles. The minimum atomic E-state index is -4.06. The Hall–Kier alpha value is -3.89. The fraction of sp³-hybridized carbons (Fsp3) is 0.486. The van der Waals surface area contributed by atoms with Gasteiger partial charge in [0, 0.05) is 38.7 Å². The molecule has 0 spiro atoms. The summed E-state index contributed by atoms with van der Waals surface area (Å²) in [5, 5.41) is 29.3. The number of oxime groups is 1. The van der Waals surface area contributed by atoms with Crippen LogP contribution in [0.2, 0.25) is 0 Å². The average molecular weight is 729 g/mol. The van der Waals surface area contributed by atoms with Crippen molar-refractivity contribution in [3.05, 3.63) is 81.8 Å². The third-order valence-corrected chi connectivity index (χ3v) is 11.1. The van der Waals surface area contributed by atoms with E-state index in [1.54, 1.807) is 16.9 Å². The van der Waals surface area contributed by atoms with Crippen LogP contribution in [0.25, 0.3) is 0 Å². The van der Waals surface area contributed by atoms with E-state index in [1.165, 1.54) is 46.1 Å². The van der Waals surface area contributed by atoms with Gasteiger partial charge in [0.05, 0.1) is 42.1 Å². The molecule has 1 aliphatic heterocycles. The van der Waals surface area contributed by atoms with E-state index in [-0.39, 0.29) is 42.3 Å². The molecule has 0 bridgehead atoms. The summed E-state index contributed by atoms with van der Waals surface area (Å²) in [7, 11) is -2.46. The number of thiazole rings is 1. The van der Waals surface area contributed by atoms with Crippen LogP contribution in [0.1, 0.15) is 49.5 Å². The molecule has 2 aromatic carbocycles. The Morgan fingerprint density at radius 1 is 1.10 bits per heavy atom. The monoisotopic (exact) mass is 728 g/mol. The average Bonchev–Trinajstić information content (AvgIpc) is 3.67. The van der Waals surface area contributed by atoms with Crippen LogP contribution in [0.4, 0.5) is 4.79 Å². The smallest absolute Gasteiger partial charge is 0.321 e. The Labute approximate surface area is 298 Å². The number of carbonyl (C=O) groups excluding carboxylic acids is 2. The highest BCUT2D eigenvalue weighted by molar-refractivity contribution is 7.89. The van der Waals surface area contributed by atoms with E-state index in [0.717, 1.165) is 16.3 Å². The van der Waals surface area contributed by atoms with Gasteiger partial charge in [-0.3, -0.25) is 4.79 Å². The number of benzene rings is 2. The van der Waals surface area contributed by atoms with Crippen molar-refractivity contribution in [3.63, 3.8) is 0 Å². The molecule has 3 N–H and O–H groups in total. The van der Waals surface area contributed by atoms with Crippen molar-refractivity contribution in [2.24, 2.45) is 17.0 Å². The van der Waals surface area contributed by atoms with Crippen LogP contribution >= 0.6 is 11.3 Å². The topological polar surface area (TPSA) is 165 Å². The zero-order chi connectivity index (χ0) is 36.4. The van der Waals surface area contributed by atoms with Crippen molar-refractivity contribution in [1.82, 2.24) is 24.4 Å². The van der Waals surface area contributed by atoms with E-state index in [1.807, 2.05) is 63.4 Å². The highest BCUT2D eigenvalue weighted by atomic mass is 32.2. The lowest BCUT2D eigenvalue weighted by Gasteiger charge is -2.34. The summed E-state index contributed by atoms with van der Waals surface area (Å²) in [6.45, 7) is 8.84. The minimum Gasteiger partial charge on any atom is -0.411 e. The maximum absolute atomic E-state index is 14.1. The summed E-state index contributed by atoms with van der Waals surface area (Å²) in [5.74, 6) is -0.742. The van der Waals surface area contributed by atoms with Gasteiger partial charge in [-0.25, -0.2) is 18.2 Å². The Morgan fingerprint density at radius 3 is 2.42 bits per heavy atom.